The molecule has 6 aromatic rings. The molecule has 7 nitrogen and oxygen atoms in total. The van der Waals surface area contributed by atoms with Crippen LogP contribution in [0, 0.1) is 0 Å². The number of nitrogens with one attached hydrogen (secondary N) is 1. The van der Waals surface area contributed by atoms with E-state index in [1.54, 1.807) is 0 Å². The van der Waals surface area contributed by atoms with E-state index in [1.165, 1.54) is 44.1 Å². The number of halogens is 1. The highest BCUT2D eigenvalue weighted by molar-refractivity contribution is 6.31. The Labute approximate surface area is 407 Å². The SMILES string of the molecule is O=C(CCCCc1cccc(C[C@H](NC(=O)OCC2c3ccccc3-c3ccccc32)C(=O)N2CCCCC2)c1)OC(c1ccccc1)(c1ccc(C2CCCCCC2)cc1)c1ccccc1Cl. The fraction of sp³-hybridized carbons (Fsp3) is 0.350. The minimum Gasteiger partial charge on any atom is -0.449 e. The first-order valence-corrected chi connectivity index (χ1v) is 25.4. The van der Waals surface area contributed by atoms with E-state index in [1.807, 2.05) is 95.9 Å². The van der Waals surface area contributed by atoms with Gasteiger partial charge in [-0.05, 0) is 102 Å². The molecule has 1 unspecified atom stereocenters. The number of nitrogens with zero attached hydrogens (tertiary/aromatic N) is 1. The molecular weight excluding hydrogens is 864 g/mol. The van der Waals surface area contributed by atoms with E-state index in [9.17, 15) is 14.4 Å². The Morgan fingerprint density at radius 2 is 1.26 bits per heavy atom. The van der Waals surface area contributed by atoms with Gasteiger partial charge in [0.15, 0.2) is 5.60 Å². The molecule has 1 heterocycles. The van der Waals surface area contributed by atoms with Crippen LogP contribution < -0.4 is 5.32 Å². The molecule has 9 rings (SSSR count). The number of likely N-dealkylation sites (tertiary alicyclic amines) is 1. The predicted octanol–water partition coefficient (Wildman–Crippen LogP) is 13.5. The number of esters is 1. The minimum atomic E-state index is -1.25. The van der Waals surface area contributed by atoms with Crippen molar-refractivity contribution >= 4 is 29.6 Å². The smallest absolute Gasteiger partial charge is 0.407 e. The third kappa shape index (κ3) is 10.7. The number of amides is 2. The molecule has 0 spiro atoms. The molecule has 1 saturated heterocycles. The van der Waals surface area contributed by atoms with Gasteiger partial charge in [0.05, 0.1) is 0 Å². The molecule has 1 N–H and O–H groups in total. The van der Waals surface area contributed by atoms with Gasteiger partial charge in [-0.1, -0.05) is 183 Å². The summed E-state index contributed by atoms with van der Waals surface area (Å²) in [5.41, 5.74) is 9.17. The second-order valence-electron chi connectivity index (χ2n) is 19.0. The minimum absolute atomic E-state index is 0.0792. The molecule has 0 bridgehead atoms. The molecule has 1 aliphatic heterocycles. The highest BCUT2D eigenvalue weighted by atomic mass is 35.5. The zero-order chi connectivity index (χ0) is 46.7. The Hall–Kier alpha value is -6.18. The highest BCUT2D eigenvalue weighted by Gasteiger charge is 2.42. The number of hydrogen-bond donors (Lipinski definition) is 1. The lowest BCUT2D eigenvalue weighted by molar-refractivity contribution is -0.153. The fourth-order valence-corrected chi connectivity index (χ4v) is 11.2. The predicted molar refractivity (Wildman–Crippen MR) is 271 cm³/mol. The normalized spacial score (nSPS) is 16.4. The molecule has 6 aromatic carbocycles. The Balaban J connectivity index is 0.860. The first kappa shape index (κ1) is 46.9. The molecule has 2 fully saturated rings. The summed E-state index contributed by atoms with van der Waals surface area (Å²) >= 11 is 7.01. The summed E-state index contributed by atoms with van der Waals surface area (Å²) in [4.78, 5) is 43.7. The monoisotopic (exact) mass is 926 g/mol. The quantitative estimate of drug-likeness (QED) is 0.0452. The zero-order valence-electron chi connectivity index (χ0n) is 39.1. The average molecular weight is 928 g/mol. The lowest BCUT2D eigenvalue weighted by atomic mass is 9.79. The van der Waals surface area contributed by atoms with E-state index >= 15 is 0 Å². The van der Waals surface area contributed by atoms with Crippen molar-refractivity contribution in [3.63, 3.8) is 0 Å². The van der Waals surface area contributed by atoms with Crippen LogP contribution in [0.1, 0.15) is 133 Å². The lowest BCUT2D eigenvalue weighted by Gasteiger charge is -2.36. The van der Waals surface area contributed by atoms with Gasteiger partial charge in [0.2, 0.25) is 5.91 Å². The molecule has 350 valence electrons. The number of carbonyl (C=O) groups excluding carboxylic acids is 3. The number of aryl methyl sites for hydroxylation is 1. The van der Waals surface area contributed by atoms with Crippen LogP contribution in [0.2, 0.25) is 5.02 Å². The Bertz CT molecular complexity index is 2610. The molecule has 2 atom stereocenters. The van der Waals surface area contributed by atoms with Crippen LogP contribution in [0.3, 0.4) is 0 Å². The topological polar surface area (TPSA) is 84.9 Å². The second kappa shape index (κ2) is 22.3. The van der Waals surface area contributed by atoms with Crippen molar-refractivity contribution in [1.82, 2.24) is 10.2 Å². The van der Waals surface area contributed by atoms with Crippen molar-refractivity contribution in [2.75, 3.05) is 19.7 Å². The van der Waals surface area contributed by atoms with E-state index < -0.39 is 17.7 Å². The number of unbranched alkanes of at least 4 members (excludes halogenated alkanes) is 1. The molecular formula is C60H63ClN2O5. The zero-order valence-corrected chi connectivity index (χ0v) is 39.8. The highest BCUT2D eigenvalue weighted by Crippen LogP contribution is 2.46. The molecule has 0 radical (unpaired) electrons. The Morgan fingerprint density at radius 1 is 0.647 bits per heavy atom. The van der Waals surface area contributed by atoms with Crippen molar-refractivity contribution < 1.29 is 23.9 Å². The maximum Gasteiger partial charge on any atom is 0.407 e. The van der Waals surface area contributed by atoms with Gasteiger partial charge in [-0.15, -0.1) is 0 Å². The van der Waals surface area contributed by atoms with Crippen molar-refractivity contribution in [2.45, 2.75) is 113 Å². The molecule has 3 aliphatic rings. The van der Waals surface area contributed by atoms with E-state index in [-0.39, 0.29) is 30.8 Å². The maximum absolute atomic E-state index is 14.2. The first-order chi connectivity index (χ1) is 33.4. The van der Waals surface area contributed by atoms with Crippen LogP contribution in [0.25, 0.3) is 11.1 Å². The van der Waals surface area contributed by atoms with Gasteiger partial charge in [-0.2, -0.15) is 0 Å². The van der Waals surface area contributed by atoms with Crippen LogP contribution >= 0.6 is 11.6 Å². The number of carbonyl (C=O) groups is 3. The van der Waals surface area contributed by atoms with Gasteiger partial charge < -0.3 is 19.7 Å². The molecule has 1 saturated carbocycles. The Kier molecular flexibility index (Phi) is 15.4. The summed E-state index contributed by atoms with van der Waals surface area (Å²) in [6, 6.07) is 50.3. The van der Waals surface area contributed by atoms with Crippen LogP contribution in [0.4, 0.5) is 4.79 Å². The summed E-state index contributed by atoms with van der Waals surface area (Å²) in [6.07, 6.45) is 12.6. The van der Waals surface area contributed by atoms with E-state index in [4.69, 9.17) is 21.1 Å². The maximum atomic E-state index is 14.2. The van der Waals surface area contributed by atoms with Gasteiger partial charge in [-0.3, -0.25) is 9.59 Å². The van der Waals surface area contributed by atoms with Gasteiger partial charge in [0.25, 0.3) is 0 Å². The van der Waals surface area contributed by atoms with Crippen molar-refractivity contribution in [3.8, 4) is 11.1 Å². The van der Waals surface area contributed by atoms with Gasteiger partial charge in [0.1, 0.15) is 12.6 Å². The number of alkyl carbamates (subject to hydrolysis) is 1. The van der Waals surface area contributed by atoms with Gasteiger partial charge in [0, 0.05) is 53.6 Å². The molecule has 68 heavy (non-hydrogen) atoms. The lowest BCUT2D eigenvalue weighted by Crippen LogP contribution is -2.51. The summed E-state index contributed by atoms with van der Waals surface area (Å²) in [7, 11) is 0. The van der Waals surface area contributed by atoms with Crippen molar-refractivity contribution in [3.05, 3.63) is 201 Å². The van der Waals surface area contributed by atoms with Crippen LogP contribution in [0.15, 0.2) is 152 Å². The number of benzene rings is 6. The number of ether oxygens (including phenoxy) is 2. The summed E-state index contributed by atoms with van der Waals surface area (Å²) < 4.78 is 12.7. The Morgan fingerprint density at radius 3 is 1.97 bits per heavy atom. The molecule has 2 amide bonds. The van der Waals surface area contributed by atoms with Crippen LogP contribution in [0.5, 0.6) is 0 Å². The molecule has 0 aromatic heterocycles. The van der Waals surface area contributed by atoms with Crippen LogP contribution in [-0.4, -0.2) is 48.6 Å². The number of rotatable bonds is 16. The van der Waals surface area contributed by atoms with Gasteiger partial charge in [-0.25, -0.2) is 4.79 Å². The third-order valence-corrected chi connectivity index (χ3v) is 14.8. The number of fused-ring (bicyclic) bond motifs is 3. The number of piperidine rings is 1. The van der Waals surface area contributed by atoms with Crippen LogP contribution in [-0.2, 0) is 37.5 Å². The average Bonchev–Trinajstić information content (AvgIpc) is 3.48. The van der Waals surface area contributed by atoms with Crippen molar-refractivity contribution in [2.24, 2.45) is 0 Å². The third-order valence-electron chi connectivity index (χ3n) is 14.5. The second-order valence-corrected chi connectivity index (χ2v) is 19.4. The standard InChI is InChI=1S/C60H63ClN2O5/c61-55-32-15-14-31-54(55)60(47-25-7-3-8-26-47,48-36-34-46(35-37-48)45-23-5-1-2-6-24-45)68-57(64)33-16-9-20-43-21-19-22-44(40-43)41-56(58(65)63-38-17-4-18-39-63)62-59(66)67-42-53-51-29-12-10-27-49(51)50-28-11-13-30-52(50)53/h3,7-8,10-15,19,21-22,25-32,34-37,40,45,53,56H,1-2,4-6,9,16-18,20,23-24,33,38-39,41-42H2,(H,62,66)/t56-,60?/m0/s1. The largest absolute Gasteiger partial charge is 0.449 e. The van der Waals surface area contributed by atoms with Crippen molar-refractivity contribution in [1.29, 1.82) is 0 Å². The number of hydrogen-bond acceptors (Lipinski definition) is 5. The van der Waals surface area contributed by atoms with E-state index in [0.29, 0.717) is 36.9 Å². The molecule has 8 heteroatoms. The van der Waals surface area contributed by atoms with E-state index in [2.05, 4.69) is 66.0 Å². The fourth-order valence-electron chi connectivity index (χ4n) is 11.0. The summed E-state index contributed by atoms with van der Waals surface area (Å²) in [5.74, 6) is 0.0786. The van der Waals surface area contributed by atoms with E-state index in [0.717, 1.165) is 82.2 Å². The van der Waals surface area contributed by atoms with Gasteiger partial charge >= 0.3 is 12.1 Å². The first-order valence-electron chi connectivity index (χ1n) is 25.0. The summed E-state index contributed by atoms with van der Waals surface area (Å²) in [6.45, 7) is 1.54. The molecule has 2 aliphatic carbocycles. The summed E-state index contributed by atoms with van der Waals surface area (Å²) in [5, 5.41) is 3.52.